The molecule has 13 heavy (non-hydrogen) atoms. The molecule has 1 atom stereocenters. The van der Waals surface area contributed by atoms with Crippen LogP contribution >= 0.6 is 12.6 Å². The Morgan fingerprint density at radius 2 is 2.08 bits per heavy atom. The van der Waals surface area contributed by atoms with E-state index >= 15 is 0 Å². The second kappa shape index (κ2) is 8.77. The van der Waals surface area contributed by atoms with Crippen molar-refractivity contribution in [1.82, 2.24) is 4.90 Å². The topological polar surface area (TPSA) is 69.7 Å². The van der Waals surface area contributed by atoms with Crippen LogP contribution in [0.15, 0.2) is 0 Å². The van der Waals surface area contributed by atoms with Gasteiger partial charge in [-0.25, -0.2) is 0 Å². The maximum absolute atomic E-state index is 9.29. The summed E-state index contributed by atoms with van der Waals surface area (Å²) in [6.07, 6.45) is 0.465. The third-order valence-electron chi connectivity index (χ3n) is 1.79. The van der Waals surface area contributed by atoms with E-state index in [2.05, 4.69) is 12.6 Å². The predicted octanol–water partition coefficient (Wildman–Crippen LogP) is -1.08. The van der Waals surface area contributed by atoms with Gasteiger partial charge in [0, 0.05) is 19.6 Å². The molecule has 0 saturated heterocycles. The third-order valence-corrected chi connectivity index (χ3v) is 2.11. The minimum absolute atomic E-state index is 0.115. The van der Waals surface area contributed by atoms with Crippen LogP contribution in [0.25, 0.3) is 0 Å². The van der Waals surface area contributed by atoms with Gasteiger partial charge in [0.05, 0.1) is 12.7 Å². The highest BCUT2D eigenvalue weighted by Gasteiger charge is 2.08. The van der Waals surface area contributed by atoms with Crippen molar-refractivity contribution in [1.29, 1.82) is 0 Å². The number of aliphatic hydroxyl groups excluding tert-OH is 2. The molecule has 0 saturated carbocycles. The van der Waals surface area contributed by atoms with Gasteiger partial charge in [0.15, 0.2) is 0 Å². The molecule has 1 unspecified atom stereocenters. The summed E-state index contributed by atoms with van der Waals surface area (Å²) in [5.41, 5.74) is 5.29. The molecular weight excluding hydrogens is 188 g/mol. The summed E-state index contributed by atoms with van der Waals surface area (Å²) in [6, 6.07) is 0. The van der Waals surface area contributed by atoms with E-state index in [4.69, 9.17) is 10.8 Å². The summed E-state index contributed by atoms with van der Waals surface area (Å²) >= 11 is 4.10. The van der Waals surface area contributed by atoms with E-state index in [0.717, 1.165) is 18.7 Å². The normalized spacial score (nSPS) is 13.6. The average molecular weight is 208 g/mol. The van der Waals surface area contributed by atoms with E-state index in [1.807, 2.05) is 4.90 Å². The van der Waals surface area contributed by atoms with Crippen molar-refractivity contribution in [3.05, 3.63) is 0 Å². The fraction of sp³-hybridized carbons (Fsp3) is 1.00. The maximum Gasteiger partial charge on any atom is 0.0789 e. The Morgan fingerprint density at radius 3 is 2.54 bits per heavy atom. The van der Waals surface area contributed by atoms with Crippen LogP contribution in [0, 0.1) is 0 Å². The molecule has 0 aliphatic rings. The van der Waals surface area contributed by atoms with Gasteiger partial charge in [-0.1, -0.05) is 0 Å². The number of aliphatic hydroxyl groups is 2. The number of hydrogen-bond acceptors (Lipinski definition) is 5. The highest BCUT2D eigenvalue weighted by molar-refractivity contribution is 7.80. The second-order valence-electron chi connectivity index (χ2n) is 2.99. The molecule has 0 heterocycles. The molecule has 0 bridgehead atoms. The van der Waals surface area contributed by atoms with E-state index < -0.39 is 6.10 Å². The Morgan fingerprint density at radius 1 is 1.38 bits per heavy atom. The number of hydrogen-bond donors (Lipinski definition) is 4. The lowest BCUT2D eigenvalue weighted by Gasteiger charge is -2.23. The van der Waals surface area contributed by atoms with Crippen molar-refractivity contribution in [2.45, 2.75) is 12.5 Å². The zero-order valence-corrected chi connectivity index (χ0v) is 8.79. The summed E-state index contributed by atoms with van der Waals surface area (Å²) in [5, 5.41) is 18.0. The maximum atomic E-state index is 9.29. The molecule has 4 nitrogen and oxygen atoms in total. The van der Waals surface area contributed by atoms with Gasteiger partial charge >= 0.3 is 0 Å². The molecule has 0 aliphatic carbocycles. The van der Waals surface area contributed by atoms with Crippen LogP contribution in [-0.2, 0) is 0 Å². The Balaban J connectivity index is 3.65. The lowest BCUT2D eigenvalue weighted by atomic mass is 10.3. The van der Waals surface area contributed by atoms with E-state index in [1.165, 1.54) is 0 Å². The van der Waals surface area contributed by atoms with Crippen molar-refractivity contribution in [2.24, 2.45) is 5.73 Å². The van der Waals surface area contributed by atoms with Crippen molar-refractivity contribution in [3.63, 3.8) is 0 Å². The molecule has 4 N–H and O–H groups in total. The zero-order valence-electron chi connectivity index (χ0n) is 7.89. The zero-order chi connectivity index (χ0) is 10.1. The Kier molecular flexibility index (Phi) is 8.90. The number of nitrogens with two attached hydrogens (primary N) is 1. The van der Waals surface area contributed by atoms with Crippen molar-refractivity contribution < 1.29 is 10.2 Å². The third kappa shape index (κ3) is 7.28. The Hall–Kier alpha value is 0.190. The monoisotopic (exact) mass is 208 g/mol. The molecule has 0 fully saturated rings. The molecule has 5 heteroatoms. The molecule has 0 aromatic carbocycles. The highest BCUT2D eigenvalue weighted by atomic mass is 32.1. The average Bonchev–Trinajstić information content (AvgIpc) is 2.14. The predicted molar refractivity (Wildman–Crippen MR) is 57.1 cm³/mol. The molecule has 0 aromatic heterocycles. The van der Waals surface area contributed by atoms with Crippen LogP contribution < -0.4 is 5.73 Å². The SMILES string of the molecule is NCC(O)CN(CCO)CCCS. The van der Waals surface area contributed by atoms with Gasteiger partial charge in [-0.15, -0.1) is 0 Å². The molecule has 0 aromatic rings. The van der Waals surface area contributed by atoms with Gasteiger partial charge in [-0.05, 0) is 18.7 Å². The first-order valence-electron chi connectivity index (χ1n) is 4.56. The molecule has 0 spiro atoms. The number of rotatable bonds is 8. The first kappa shape index (κ1) is 13.2. The van der Waals surface area contributed by atoms with E-state index in [9.17, 15) is 5.11 Å². The number of thiol groups is 1. The smallest absolute Gasteiger partial charge is 0.0789 e. The first-order valence-corrected chi connectivity index (χ1v) is 5.20. The Bertz CT molecular complexity index is 116. The highest BCUT2D eigenvalue weighted by Crippen LogP contribution is 1.95. The second-order valence-corrected chi connectivity index (χ2v) is 3.44. The quantitative estimate of drug-likeness (QED) is 0.383. The fourth-order valence-electron chi connectivity index (χ4n) is 1.10. The van der Waals surface area contributed by atoms with Gasteiger partial charge in [0.2, 0.25) is 0 Å². The van der Waals surface area contributed by atoms with Crippen LogP contribution in [0.2, 0.25) is 0 Å². The van der Waals surface area contributed by atoms with Gasteiger partial charge < -0.3 is 15.9 Å². The molecule has 0 amide bonds. The van der Waals surface area contributed by atoms with Gasteiger partial charge in [0.1, 0.15) is 0 Å². The number of nitrogens with zero attached hydrogens (tertiary/aromatic N) is 1. The summed E-state index contributed by atoms with van der Waals surface area (Å²) < 4.78 is 0. The molecule has 0 aliphatic heterocycles. The summed E-state index contributed by atoms with van der Waals surface area (Å²) in [6.45, 7) is 2.35. The molecule has 0 rings (SSSR count). The van der Waals surface area contributed by atoms with E-state index in [1.54, 1.807) is 0 Å². The van der Waals surface area contributed by atoms with Crippen LogP contribution in [0.5, 0.6) is 0 Å². The van der Waals surface area contributed by atoms with E-state index in [0.29, 0.717) is 13.1 Å². The largest absolute Gasteiger partial charge is 0.395 e. The summed E-state index contributed by atoms with van der Waals surface area (Å²) in [4.78, 5) is 1.99. The van der Waals surface area contributed by atoms with Crippen molar-refractivity contribution in [3.8, 4) is 0 Å². The Labute approximate surface area is 85.1 Å². The van der Waals surface area contributed by atoms with Crippen LogP contribution in [-0.4, -0.2) is 59.8 Å². The summed E-state index contributed by atoms with van der Waals surface area (Å²) in [7, 11) is 0. The summed E-state index contributed by atoms with van der Waals surface area (Å²) in [5.74, 6) is 0.820. The standard InChI is InChI=1S/C8H20N2O2S/c9-6-8(12)7-10(3-4-11)2-1-5-13/h8,11-13H,1-7,9H2. The van der Waals surface area contributed by atoms with E-state index in [-0.39, 0.29) is 13.2 Å². The molecular formula is C8H20N2O2S. The molecule has 80 valence electrons. The lowest BCUT2D eigenvalue weighted by Crippen LogP contribution is -2.38. The van der Waals surface area contributed by atoms with Gasteiger partial charge in [-0.2, -0.15) is 12.6 Å². The van der Waals surface area contributed by atoms with Crippen LogP contribution in [0.4, 0.5) is 0 Å². The minimum Gasteiger partial charge on any atom is -0.395 e. The van der Waals surface area contributed by atoms with Crippen molar-refractivity contribution >= 4 is 12.6 Å². The van der Waals surface area contributed by atoms with Gasteiger partial charge in [-0.3, -0.25) is 4.90 Å². The van der Waals surface area contributed by atoms with Crippen LogP contribution in [0.1, 0.15) is 6.42 Å². The fourth-order valence-corrected chi connectivity index (χ4v) is 1.24. The lowest BCUT2D eigenvalue weighted by molar-refractivity contribution is 0.105. The van der Waals surface area contributed by atoms with Crippen LogP contribution in [0.3, 0.4) is 0 Å². The first-order chi connectivity index (χ1) is 6.24. The molecule has 0 radical (unpaired) electrons. The minimum atomic E-state index is -0.494. The van der Waals surface area contributed by atoms with Crippen molar-refractivity contribution in [2.75, 3.05) is 38.5 Å². The van der Waals surface area contributed by atoms with Gasteiger partial charge in [0.25, 0.3) is 0 Å².